The van der Waals surface area contributed by atoms with Crippen LogP contribution in [0.3, 0.4) is 0 Å². The molecule has 0 spiro atoms. The van der Waals surface area contributed by atoms with Crippen LogP contribution in [0.1, 0.15) is 11.7 Å². The summed E-state index contributed by atoms with van der Waals surface area (Å²) >= 11 is 0. The van der Waals surface area contributed by atoms with E-state index in [2.05, 4.69) is 0 Å². The SMILES string of the molecule is Cn1c(O)c(C2O[C@H](CO)[C@@H](O)[C@H](O)[C@H]2O)c(=O)[nH]c1=O. The van der Waals surface area contributed by atoms with Crippen LogP contribution in [0, 0.1) is 0 Å². The molecule has 118 valence electrons. The van der Waals surface area contributed by atoms with E-state index in [1.54, 1.807) is 0 Å². The Labute approximate surface area is 117 Å². The topological polar surface area (TPSA) is 165 Å². The predicted molar refractivity (Wildman–Crippen MR) is 66.7 cm³/mol. The first-order valence-corrected chi connectivity index (χ1v) is 6.12. The van der Waals surface area contributed by atoms with Crippen molar-refractivity contribution in [2.75, 3.05) is 6.61 Å². The Kier molecular flexibility index (Phi) is 4.16. The van der Waals surface area contributed by atoms with Gasteiger partial charge < -0.3 is 30.3 Å². The summed E-state index contributed by atoms with van der Waals surface area (Å²) in [6, 6.07) is 0. The zero-order valence-electron chi connectivity index (χ0n) is 11.0. The molecular formula is C11H16N2O8. The van der Waals surface area contributed by atoms with E-state index >= 15 is 0 Å². The van der Waals surface area contributed by atoms with Gasteiger partial charge in [0.15, 0.2) is 0 Å². The molecule has 6 N–H and O–H groups in total. The number of ether oxygens (including phenoxy) is 1. The van der Waals surface area contributed by atoms with Crippen molar-refractivity contribution >= 4 is 0 Å². The fourth-order valence-electron chi connectivity index (χ4n) is 2.22. The second-order valence-corrected chi connectivity index (χ2v) is 4.81. The lowest BCUT2D eigenvalue weighted by Gasteiger charge is -2.39. The average molecular weight is 304 g/mol. The highest BCUT2D eigenvalue weighted by molar-refractivity contribution is 5.27. The van der Waals surface area contributed by atoms with Gasteiger partial charge in [-0.2, -0.15) is 0 Å². The monoisotopic (exact) mass is 304 g/mol. The van der Waals surface area contributed by atoms with Gasteiger partial charge in [-0.1, -0.05) is 0 Å². The zero-order chi connectivity index (χ0) is 15.9. The van der Waals surface area contributed by atoms with Crippen molar-refractivity contribution in [3.05, 3.63) is 26.4 Å². The quantitative estimate of drug-likeness (QED) is 0.325. The third-order valence-corrected chi connectivity index (χ3v) is 3.51. The van der Waals surface area contributed by atoms with Crippen molar-refractivity contribution < 1.29 is 30.3 Å². The first-order chi connectivity index (χ1) is 9.79. The minimum Gasteiger partial charge on any atom is -0.494 e. The lowest BCUT2D eigenvalue weighted by molar-refractivity contribution is -0.232. The third kappa shape index (κ3) is 2.47. The predicted octanol–water partition coefficient (Wildman–Crippen LogP) is -3.71. The summed E-state index contributed by atoms with van der Waals surface area (Å²) in [5.41, 5.74) is -2.35. The standard InChI is InChI=1S/C11H16N2O8/c1-13-10(19)4(9(18)12-11(13)20)8-7(17)6(16)5(15)3(2-14)21-8/h3,5-8,14-17,19H,2H2,1H3,(H,12,18,20)/t3-,5-,6+,7-,8?/m1/s1. The van der Waals surface area contributed by atoms with Crippen molar-refractivity contribution in [3.63, 3.8) is 0 Å². The molecule has 2 rings (SSSR count). The van der Waals surface area contributed by atoms with Gasteiger partial charge in [0, 0.05) is 7.05 Å². The van der Waals surface area contributed by atoms with Gasteiger partial charge in [-0.05, 0) is 0 Å². The maximum Gasteiger partial charge on any atom is 0.330 e. The van der Waals surface area contributed by atoms with Crippen LogP contribution in [0.25, 0.3) is 0 Å². The number of aromatic nitrogens is 2. The number of aliphatic hydroxyl groups is 4. The van der Waals surface area contributed by atoms with E-state index < -0.39 is 59.8 Å². The molecule has 0 aromatic carbocycles. The molecule has 1 aromatic rings. The highest BCUT2D eigenvalue weighted by Crippen LogP contribution is 2.33. The number of aliphatic hydroxyl groups excluding tert-OH is 4. The van der Waals surface area contributed by atoms with Crippen molar-refractivity contribution in [2.24, 2.45) is 7.05 Å². The number of hydrogen-bond acceptors (Lipinski definition) is 8. The van der Waals surface area contributed by atoms with Crippen LogP contribution >= 0.6 is 0 Å². The molecule has 0 bridgehead atoms. The van der Waals surface area contributed by atoms with Gasteiger partial charge in [0.2, 0.25) is 5.88 Å². The van der Waals surface area contributed by atoms with Gasteiger partial charge in [-0.15, -0.1) is 0 Å². The van der Waals surface area contributed by atoms with Gasteiger partial charge in [0.25, 0.3) is 5.56 Å². The second-order valence-electron chi connectivity index (χ2n) is 4.81. The molecule has 2 heterocycles. The van der Waals surface area contributed by atoms with Crippen LogP contribution < -0.4 is 11.2 Å². The molecular weight excluding hydrogens is 288 g/mol. The number of rotatable bonds is 2. The summed E-state index contributed by atoms with van der Waals surface area (Å²) in [5, 5.41) is 48.2. The summed E-state index contributed by atoms with van der Waals surface area (Å²) in [7, 11) is 1.18. The number of nitrogens with one attached hydrogen (secondary N) is 1. The molecule has 1 aromatic heterocycles. The van der Waals surface area contributed by atoms with Gasteiger partial charge in [-0.3, -0.25) is 14.3 Å². The maximum absolute atomic E-state index is 11.8. The van der Waals surface area contributed by atoms with E-state index in [1.165, 1.54) is 7.05 Å². The maximum atomic E-state index is 11.8. The largest absolute Gasteiger partial charge is 0.494 e. The second kappa shape index (κ2) is 5.58. The Morgan fingerprint density at radius 1 is 1.19 bits per heavy atom. The highest BCUT2D eigenvalue weighted by Gasteiger charge is 2.46. The minimum atomic E-state index is -1.73. The van der Waals surface area contributed by atoms with Crippen LogP contribution in [0.4, 0.5) is 0 Å². The van der Waals surface area contributed by atoms with Gasteiger partial charge in [0.1, 0.15) is 36.1 Å². The molecule has 1 aliphatic heterocycles. The van der Waals surface area contributed by atoms with E-state index in [9.17, 15) is 30.0 Å². The van der Waals surface area contributed by atoms with Crippen LogP contribution in [-0.2, 0) is 11.8 Å². The normalized spacial score (nSPS) is 33.1. The summed E-state index contributed by atoms with van der Waals surface area (Å²) in [5.74, 6) is -0.743. The fourth-order valence-corrected chi connectivity index (χ4v) is 2.22. The number of H-pyrrole nitrogens is 1. The molecule has 10 heteroatoms. The molecule has 1 saturated heterocycles. The number of nitrogens with zero attached hydrogens (tertiary/aromatic N) is 1. The Morgan fingerprint density at radius 3 is 2.38 bits per heavy atom. The van der Waals surface area contributed by atoms with Crippen LogP contribution in [0.15, 0.2) is 9.59 Å². The van der Waals surface area contributed by atoms with Crippen LogP contribution in [-0.4, -0.2) is 66.1 Å². The summed E-state index contributed by atoms with van der Waals surface area (Å²) < 4.78 is 5.89. The van der Waals surface area contributed by atoms with E-state index in [4.69, 9.17) is 9.84 Å². The van der Waals surface area contributed by atoms with Crippen molar-refractivity contribution in [1.29, 1.82) is 0 Å². The first-order valence-electron chi connectivity index (χ1n) is 6.12. The minimum absolute atomic E-state index is 0.478. The average Bonchev–Trinajstić information content (AvgIpc) is 2.45. The van der Waals surface area contributed by atoms with E-state index in [-0.39, 0.29) is 0 Å². The lowest BCUT2D eigenvalue weighted by Crippen LogP contribution is -2.56. The first kappa shape index (κ1) is 15.7. The third-order valence-electron chi connectivity index (χ3n) is 3.51. The molecule has 1 aliphatic rings. The number of hydrogen-bond donors (Lipinski definition) is 6. The van der Waals surface area contributed by atoms with Gasteiger partial charge in [-0.25, -0.2) is 4.79 Å². The van der Waals surface area contributed by atoms with Crippen LogP contribution in [0.5, 0.6) is 5.88 Å². The molecule has 5 atom stereocenters. The number of aromatic hydroxyl groups is 1. The van der Waals surface area contributed by atoms with E-state index in [0.29, 0.717) is 0 Å². The Balaban J connectivity index is 2.53. The summed E-state index contributed by atoms with van der Waals surface area (Å²) in [4.78, 5) is 25.1. The Hall–Kier alpha value is -1.72. The summed E-state index contributed by atoms with van der Waals surface area (Å²) in [6.45, 7) is -0.675. The number of aromatic amines is 1. The molecule has 0 radical (unpaired) electrons. The molecule has 21 heavy (non-hydrogen) atoms. The van der Waals surface area contributed by atoms with Gasteiger partial charge >= 0.3 is 5.69 Å². The fraction of sp³-hybridized carbons (Fsp3) is 0.636. The smallest absolute Gasteiger partial charge is 0.330 e. The molecule has 1 fully saturated rings. The lowest BCUT2D eigenvalue weighted by atomic mass is 9.92. The van der Waals surface area contributed by atoms with Crippen molar-refractivity contribution in [1.82, 2.24) is 9.55 Å². The Bertz CT molecular complexity index is 636. The molecule has 0 amide bonds. The summed E-state index contributed by atoms with van der Waals surface area (Å²) in [6.07, 6.45) is -7.76. The highest BCUT2D eigenvalue weighted by atomic mass is 16.5. The van der Waals surface area contributed by atoms with Crippen molar-refractivity contribution in [2.45, 2.75) is 30.5 Å². The van der Waals surface area contributed by atoms with E-state index in [0.717, 1.165) is 4.57 Å². The molecule has 0 saturated carbocycles. The molecule has 1 unspecified atom stereocenters. The Morgan fingerprint density at radius 2 is 1.81 bits per heavy atom. The van der Waals surface area contributed by atoms with Gasteiger partial charge in [0.05, 0.1) is 6.61 Å². The molecule has 10 nitrogen and oxygen atoms in total. The van der Waals surface area contributed by atoms with E-state index in [1.807, 2.05) is 4.98 Å². The van der Waals surface area contributed by atoms with Crippen LogP contribution in [0.2, 0.25) is 0 Å². The van der Waals surface area contributed by atoms with Crippen molar-refractivity contribution in [3.8, 4) is 5.88 Å². The molecule has 0 aliphatic carbocycles. The zero-order valence-corrected chi connectivity index (χ0v) is 11.0.